The van der Waals surface area contributed by atoms with E-state index >= 15 is 0 Å². The number of likely N-dealkylation sites (tertiary alicyclic amines) is 1. The van der Waals surface area contributed by atoms with Crippen LogP contribution in [0.1, 0.15) is 54.4 Å². The highest BCUT2D eigenvalue weighted by molar-refractivity contribution is 5.66. The van der Waals surface area contributed by atoms with Crippen molar-refractivity contribution in [3.05, 3.63) is 34.4 Å². The number of carbonyl (C=O) groups is 1. The van der Waals surface area contributed by atoms with Gasteiger partial charge in [0.15, 0.2) is 0 Å². The summed E-state index contributed by atoms with van der Waals surface area (Å²) >= 11 is 0. The van der Waals surface area contributed by atoms with Crippen LogP contribution >= 0.6 is 0 Å². The van der Waals surface area contributed by atoms with Gasteiger partial charge in [-0.05, 0) is 68.8 Å². The maximum atomic E-state index is 10.8. The average Bonchev–Trinajstić information content (AvgIpc) is 2.43. The molecule has 0 aliphatic carbocycles. The summed E-state index contributed by atoms with van der Waals surface area (Å²) in [4.78, 5) is 13.3. The van der Waals surface area contributed by atoms with E-state index in [2.05, 4.69) is 37.8 Å². The van der Waals surface area contributed by atoms with Crippen molar-refractivity contribution >= 4 is 5.97 Å². The van der Waals surface area contributed by atoms with E-state index in [-0.39, 0.29) is 6.42 Å². The lowest BCUT2D eigenvalue weighted by atomic mass is 9.95. The molecule has 21 heavy (non-hydrogen) atoms. The van der Waals surface area contributed by atoms with Crippen LogP contribution in [0.3, 0.4) is 0 Å². The van der Waals surface area contributed by atoms with E-state index in [1.165, 1.54) is 35.1 Å². The Bertz CT molecular complexity index is 510. The molecule has 0 aromatic heterocycles. The van der Waals surface area contributed by atoms with Crippen LogP contribution in [0.4, 0.5) is 0 Å². The minimum atomic E-state index is -0.678. The van der Waals surface area contributed by atoms with Gasteiger partial charge in [0.25, 0.3) is 0 Å². The zero-order chi connectivity index (χ0) is 15.4. The van der Waals surface area contributed by atoms with Crippen molar-refractivity contribution in [3.63, 3.8) is 0 Å². The SMILES string of the molecule is Cc1cc(C)c(CN2CCCCC2CCC(=O)O)cc1C. The van der Waals surface area contributed by atoms with Crippen LogP contribution in [-0.4, -0.2) is 28.6 Å². The van der Waals surface area contributed by atoms with Crippen LogP contribution in [0, 0.1) is 20.8 Å². The molecule has 1 N–H and O–H groups in total. The zero-order valence-corrected chi connectivity index (χ0v) is 13.5. The minimum absolute atomic E-state index is 0.285. The first kappa shape index (κ1) is 16.0. The fraction of sp³-hybridized carbons (Fsp3) is 0.611. The summed E-state index contributed by atoms with van der Waals surface area (Å²) in [6.45, 7) is 8.55. The molecule has 0 bridgehead atoms. The highest BCUT2D eigenvalue weighted by atomic mass is 16.4. The molecule has 0 spiro atoms. The fourth-order valence-electron chi connectivity index (χ4n) is 3.29. The van der Waals surface area contributed by atoms with Gasteiger partial charge in [0, 0.05) is 19.0 Å². The minimum Gasteiger partial charge on any atom is -0.481 e. The molecule has 1 aliphatic heterocycles. The number of aliphatic carboxylic acids is 1. The summed E-state index contributed by atoms with van der Waals surface area (Å²) in [5.41, 5.74) is 5.42. The van der Waals surface area contributed by atoms with Crippen molar-refractivity contribution in [2.24, 2.45) is 0 Å². The molecule has 0 amide bonds. The standard InChI is InChI=1S/C18H27NO2/c1-13-10-15(3)16(11-14(13)2)12-19-9-5-4-6-17(19)7-8-18(20)21/h10-11,17H,4-9,12H2,1-3H3,(H,20,21). The summed E-state index contributed by atoms with van der Waals surface area (Å²) in [5.74, 6) is -0.678. The largest absolute Gasteiger partial charge is 0.481 e. The van der Waals surface area contributed by atoms with E-state index in [1.54, 1.807) is 0 Å². The number of carboxylic acids is 1. The number of aryl methyl sites for hydroxylation is 3. The Labute approximate surface area is 128 Å². The molecule has 1 aliphatic rings. The molecule has 3 nitrogen and oxygen atoms in total. The van der Waals surface area contributed by atoms with Crippen molar-refractivity contribution in [2.75, 3.05) is 6.54 Å². The van der Waals surface area contributed by atoms with Crippen LogP contribution in [0.15, 0.2) is 12.1 Å². The van der Waals surface area contributed by atoms with Gasteiger partial charge in [0.1, 0.15) is 0 Å². The second kappa shape index (κ2) is 7.08. The predicted octanol–water partition coefficient (Wildman–Crippen LogP) is 3.83. The molecule has 0 radical (unpaired) electrons. The van der Waals surface area contributed by atoms with E-state index < -0.39 is 5.97 Å². The lowest BCUT2D eigenvalue weighted by molar-refractivity contribution is -0.137. The number of hydrogen-bond acceptors (Lipinski definition) is 2. The maximum absolute atomic E-state index is 10.8. The van der Waals surface area contributed by atoms with Crippen molar-refractivity contribution in [1.29, 1.82) is 0 Å². The zero-order valence-electron chi connectivity index (χ0n) is 13.5. The van der Waals surface area contributed by atoms with Gasteiger partial charge < -0.3 is 5.11 Å². The number of benzene rings is 1. The lowest BCUT2D eigenvalue weighted by Crippen LogP contribution is -2.39. The number of hydrogen-bond donors (Lipinski definition) is 1. The van der Waals surface area contributed by atoms with Gasteiger partial charge in [0.2, 0.25) is 0 Å². The van der Waals surface area contributed by atoms with Gasteiger partial charge in [-0.25, -0.2) is 0 Å². The van der Waals surface area contributed by atoms with Gasteiger partial charge in [-0.2, -0.15) is 0 Å². The smallest absolute Gasteiger partial charge is 0.303 e. The number of piperidine rings is 1. The third-order valence-corrected chi connectivity index (χ3v) is 4.77. The normalized spacial score (nSPS) is 19.7. The van der Waals surface area contributed by atoms with Gasteiger partial charge in [-0.15, -0.1) is 0 Å². The van der Waals surface area contributed by atoms with Crippen molar-refractivity contribution in [1.82, 2.24) is 4.90 Å². The summed E-state index contributed by atoms with van der Waals surface area (Å²) in [5, 5.41) is 8.91. The van der Waals surface area contributed by atoms with E-state index in [9.17, 15) is 4.79 Å². The summed E-state index contributed by atoms with van der Waals surface area (Å²) in [6, 6.07) is 4.99. The fourth-order valence-corrected chi connectivity index (χ4v) is 3.29. The molecular weight excluding hydrogens is 262 g/mol. The van der Waals surface area contributed by atoms with E-state index in [4.69, 9.17) is 5.11 Å². The lowest BCUT2D eigenvalue weighted by Gasteiger charge is -2.36. The molecule has 1 unspecified atom stereocenters. The topological polar surface area (TPSA) is 40.5 Å². The molecule has 1 aromatic carbocycles. The maximum Gasteiger partial charge on any atom is 0.303 e. The van der Waals surface area contributed by atoms with Crippen LogP contribution < -0.4 is 0 Å². The highest BCUT2D eigenvalue weighted by Gasteiger charge is 2.23. The number of rotatable bonds is 5. The molecule has 0 saturated carbocycles. The quantitative estimate of drug-likeness (QED) is 0.895. The molecule has 2 rings (SSSR count). The third kappa shape index (κ3) is 4.31. The van der Waals surface area contributed by atoms with E-state index in [1.807, 2.05) is 0 Å². The molecule has 1 saturated heterocycles. The Morgan fingerprint density at radius 3 is 2.62 bits per heavy atom. The monoisotopic (exact) mass is 289 g/mol. The molecule has 116 valence electrons. The third-order valence-electron chi connectivity index (χ3n) is 4.77. The molecule has 1 heterocycles. The molecule has 1 atom stereocenters. The van der Waals surface area contributed by atoms with Crippen LogP contribution in [-0.2, 0) is 11.3 Å². The summed E-state index contributed by atoms with van der Waals surface area (Å²) in [6.07, 6.45) is 4.66. The first-order chi connectivity index (χ1) is 9.97. The molecule has 1 aromatic rings. The van der Waals surface area contributed by atoms with Gasteiger partial charge in [0.05, 0.1) is 0 Å². The Hall–Kier alpha value is -1.35. The van der Waals surface area contributed by atoms with Crippen LogP contribution in [0.25, 0.3) is 0 Å². The van der Waals surface area contributed by atoms with E-state index in [0.29, 0.717) is 6.04 Å². The second-order valence-corrected chi connectivity index (χ2v) is 6.42. The van der Waals surface area contributed by atoms with Gasteiger partial charge in [-0.1, -0.05) is 18.6 Å². The first-order valence-corrected chi connectivity index (χ1v) is 8.00. The molecule has 1 fully saturated rings. The Kier molecular flexibility index (Phi) is 5.40. The Balaban J connectivity index is 2.08. The first-order valence-electron chi connectivity index (χ1n) is 8.00. The van der Waals surface area contributed by atoms with Gasteiger partial charge >= 0.3 is 5.97 Å². The van der Waals surface area contributed by atoms with Crippen LogP contribution in [0.5, 0.6) is 0 Å². The average molecular weight is 289 g/mol. The van der Waals surface area contributed by atoms with Crippen molar-refractivity contribution in [2.45, 2.75) is 65.5 Å². The van der Waals surface area contributed by atoms with Crippen molar-refractivity contribution < 1.29 is 9.90 Å². The Morgan fingerprint density at radius 1 is 1.19 bits per heavy atom. The number of nitrogens with zero attached hydrogens (tertiary/aromatic N) is 1. The highest BCUT2D eigenvalue weighted by Crippen LogP contribution is 2.25. The Morgan fingerprint density at radius 2 is 1.90 bits per heavy atom. The van der Waals surface area contributed by atoms with Gasteiger partial charge in [-0.3, -0.25) is 9.69 Å². The second-order valence-electron chi connectivity index (χ2n) is 6.42. The number of carboxylic acid groups (broad SMARTS) is 1. The summed E-state index contributed by atoms with van der Waals surface area (Å²) in [7, 11) is 0. The molecular formula is C18H27NO2. The summed E-state index contributed by atoms with van der Waals surface area (Å²) < 4.78 is 0. The molecule has 3 heteroatoms. The van der Waals surface area contributed by atoms with Crippen LogP contribution in [0.2, 0.25) is 0 Å². The van der Waals surface area contributed by atoms with Crippen molar-refractivity contribution in [3.8, 4) is 0 Å². The predicted molar refractivity (Wildman–Crippen MR) is 85.6 cm³/mol. The van der Waals surface area contributed by atoms with E-state index in [0.717, 1.165) is 25.9 Å².